The molecule has 19 heavy (non-hydrogen) atoms. The van der Waals surface area contributed by atoms with Crippen molar-refractivity contribution in [2.24, 2.45) is 0 Å². The van der Waals surface area contributed by atoms with Crippen molar-refractivity contribution in [2.45, 2.75) is 25.6 Å². The van der Waals surface area contributed by atoms with Gasteiger partial charge >= 0.3 is 0 Å². The highest BCUT2D eigenvalue weighted by Crippen LogP contribution is 2.08. The Balaban J connectivity index is 1.85. The number of nitrogens with one attached hydrogen (secondary N) is 1. The highest BCUT2D eigenvalue weighted by atomic mass is 16.4. The first-order valence-corrected chi connectivity index (χ1v) is 6.38. The molecular weight excluding hydrogens is 242 g/mol. The van der Waals surface area contributed by atoms with Gasteiger partial charge in [-0.15, -0.1) is 0 Å². The SMILES string of the molecule is OCc1ccc(CN[C@@H](CO)Cc2ccccc2)o1. The predicted molar refractivity (Wildman–Crippen MR) is 72.5 cm³/mol. The first kappa shape index (κ1) is 13.8. The molecule has 102 valence electrons. The number of hydrogen-bond donors (Lipinski definition) is 3. The number of furan rings is 1. The van der Waals surface area contributed by atoms with Gasteiger partial charge in [0, 0.05) is 6.04 Å². The Morgan fingerprint density at radius 2 is 1.74 bits per heavy atom. The molecule has 0 aliphatic carbocycles. The molecule has 2 aromatic rings. The van der Waals surface area contributed by atoms with Crippen LogP contribution in [-0.2, 0) is 19.6 Å². The summed E-state index contributed by atoms with van der Waals surface area (Å²) >= 11 is 0. The lowest BCUT2D eigenvalue weighted by Crippen LogP contribution is -2.33. The Kier molecular flexibility index (Phi) is 5.15. The summed E-state index contributed by atoms with van der Waals surface area (Å²) in [5, 5.41) is 21.5. The van der Waals surface area contributed by atoms with Gasteiger partial charge in [0.15, 0.2) is 0 Å². The molecule has 2 rings (SSSR count). The maximum Gasteiger partial charge on any atom is 0.129 e. The summed E-state index contributed by atoms with van der Waals surface area (Å²) in [7, 11) is 0. The molecule has 0 saturated carbocycles. The van der Waals surface area contributed by atoms with E-state index >= 15 is 0 Å². The summed E-state index contributed by atoms with van der Waals surface area (Å²) < 4.78 is 5.38. The minimum Gasteiger partial charge on any atom is -0.462 e. The smallest absolute Gasteiger partial charge is 0.129 e. The van der Waals surface area contributed by atoms with E-state index in [4.69, 9.17) is 9.52 Å². The molecular formula is C15H19NO3. The molecule has 4 nitrogen and oxygen atoms in total. The van der Waals surface area contributed by atoms with Crippen molar-refractivity contribution in [1.29, 1.82) is 0 Å². The van der Waals surface area contributed by atoms with Gasteiger partial charge in [-0.05, 0) is 24.1 Å². The Bertz CT molecular complexity index is 481. The number of hydrogen-bond acceptors (Lipinski definition) is 4. The second-order valence-corrected chi connectivity index (χ2v) is 4.48. The Morgan fingerprint density at radius 3 is 2.37 bits per heavy atom. The van der Waals surface area contributed by atoms with Gasteiger partial charge in [-0.25, -0.2) is 0 Å². The van der Waals surface area contributed by atoms with Crippen LogP contribution in [-0.4, -0.2) is 22.9 Å². The van der Waals surface area contributed by atoms with Crippen LogP contribution in [0.5, 0.6) is 0 Å². The van der Waals surface area contributed by atoms with Gasteiger partial charge in [-0.2, -0.15) is 0 Å². The molecule has 0 aliphatic rings. The molecule has 1 heterocycles. The normalized spacial score (nSPS) is 12.5. The molecule has 0 unspecified atom stereocenters. The van der Waals surface area contributed by atoms with E-state index in [0.29, 0.717) is 12.3 Å². The van der Waals surface area contributed by atoms with Gasteiger partial charge in [0.1, 0.15) is 18.1 Å². The third kappa shape index (κ3) is 4.21. The fourth-order valence-corrected chi connectivity index (χ4v) is 1.95. The fourth-order valence-electron chi connectivity index (χ4n) is 1.95. The summed E-state index contributed by atoms with van der Waals surface area (Å²) in [5.74, 6) is 1.32. The second-order valence-electron chi connectivity index (χ2n) is 4.48. The van der Waals surface area contributed by atoms with Crippen LogP contribution >= 0.6 is 0 Å². The van der Waals surface area contributed by atoms with E-state index in [9.17, 15) is 5.11 Å². The second kappa shape index (κ2) is 7.09. The monoisotopic (exact) mass is 261 g/mol. The lowest BCUT2D eigenvalue weighted by molar-refractivity contribution is 0.230. The van der Waals surface area contributed by atoms with Crippen molar-refractivity contribution in [3.8, 4) is 0 Å². The first-order chi connectivity index (χ1) is 9.31. The molecule has 0 radical (unpaired) electrons. The maximum atomic E-state index is 9.38. The topological polar surface area (TPSA) is 65.6 Å². The number of aliphatic hydroxyl groups is 2. The van der Waals surface area contributed by atoms with E-state index in [1.54, 1.807) is 6.07 Å². The van der Waals surface area contributed by atoms with Crippen LogP contribution in [0.2, 0.25) is 0 Å². The zero-order chi connectivity index (χ0) is 13.5. The number of rotatable bonds is 7. The summed E-state index contributed by atoms with van der Waals surface area (Å²) in [6.45, 7) is 0.522. The van der Waals surface area contributed by atoms with Crippen molar-refractivity contribution >= 4 is 0 Å². The van der Waals surface area contributed by atoms with Crippen molar-refractivity contribution in [3.05, 3.63) is 59.5 Å². The van der Waals surface area contributed by atoms with Gasteiger partial charge in [-0.3, -0.25) is 0 Å². The van der Waals surface area contributed by atoms with E-state index in [1.807, 2.05) is 36.4 Å². The van der Waals surface area contributed by atoms with Crippen LogP contribution in [0.25, 0.3) is 0 Å². The van der Waals surface area contributed by atoms with Crippen molar-refractivity contribution < 1.29 is 14.6 Å². The van der Waals surface area contributed by atoms with Crippen molar-refractivity contribution in [1.82, 2.24) is 5.32 Å². The average Bonchev–Trinajstić information content (AvgIpc) is 2.92. The predicted octanol–water partition coefficient (Wildman–Crippen LogP) is 1.47. The number of benzene rings is 1. The van der Waals surface area contributed by atoms with Gasteiger partial charge in [0.05, 0.1) is 13.2 Å². The van der Waals surface area contributed by atoms with E-state index in [0.717, 1.165) is 12.2 Å². The average molecular weight is 261 g/mol. The molecule has 0 spiro atoms. The molecule has 3 N–H and O–H groups in total. The molecule has 1 aromatic carbocycles. The zero-order valence-electron chi connectivity index (χ0n) is 10.7. The van der Waals surface area contributed by atoms with Crippen LogP contribution < -0.4 is 5.32 Å². The van der Waals surface area contributed by atoms with Gasteiger partial charge in [0.25, 0.3) is 0 Å². The molecule has 0 aliphatic heterocycles. The Morgan fingerprint density at radius 1 is 1.00 bits per heavy atom. The lowest BCUT2D eigenvalue weighted by Gasteiger charge is -2.15. The van der Waals surface area contributed by atoms with E-state index < -0.39 is 0 Å². The standard InChI is InChI=1S/C15H19NO3/c17-10-13(8-12-4-2-1-3-5-12)16-9-14-6-7-15(11-18)19-14/h1-7,13,16-18H,8-11H2/t13-/m1/s1. The minimum atomic E-state index is -0.0898. The van der Waals surface area contributed by atoms with Crippen molar-refractivity contribution in [2.75, 3.05) is 6.61 Å². The highest BCUT2D eigenvalue weighted by molar-refractivity contribution is 5.16. The van der Waals surface area contributed by atoms with Gasteiger partial charge in [-0.1, -0.05) is 30.3 Å². The Hall–Kier alpha value is -1.62. The minimum absolute atomic E-state index is 0.00919. The molecule has 0 amide bonds. The molecule has 0 saturated heterocycles. The molecule has 1 atom stereocenters. The molecule has 4 heteroatoms. The number of aliphatic hydroxyl groups excluding tert-OH is 2. The lowest BCUT2D eigenvalue weighted by atomic mass is 10.1. The first-order valence-electron chi connectivity index (χ1n) is 6.38. The summed E-state index contributed by atoms with van der Waals surface area (Å²) in [5.41, 5.74) is 1.18. The van der Waals surface area contributed by atoms with Crippen LogP contribution in [0.1, 0.15) is 17.1 Å². The van der Waals surface area contributed by atoms with Gasteiger partial charge in [0.2, 0.25) is 0 Å². The molecule has 0 fully saturated rings. The summed E-state index contributed by atoms with van der Waals surface area (Å²) in [4.78, 5) is 0. The highest BCUT2D eigenvalue weighted by Gasteiger charge is 2.09. The van der Waals surface area contributed by atoms with E-state index in [1.165, 1.54) is 5.56 Å². The maximum absolute atomic E-state index is 9.38. The summed E-state index contributed by atoms with van der Waals surface area (Å²) in [6, 6.07) is 13.6. The third-order valence-electron chi connectivity index (χ3n) is 2.98. The van der Waals surface area contributed by atoms with Crippen molar-refractivity contribution in [3.63, 3.8) is 0 Å². The van der Waals surface area contributed by atoms with Gasteiger partial charge < -0.3 is 19.9 Å². The zero-order valence-corrected chi connectivity index (χ0v) is 10.7. The van der Waals surface area contributed by atoms with Crippen LogP contribution in [0, 0.1) is 0 Å². The van der Waals surface area contributed by atoms with E-state index in [-0.39, 0.29) is 19.3 Å². The quantitative estimate of drug-likeness (QED) is 0.706. The Labute approximate surface area is 112 Å². The molecule has 1 aromatic heterocycles. The van der Waals surface area contributed by atoms with E-state index in [2.05, 4.69) is 5.32 Å². The fraction of sp³-hybridized carbons (Fsp3) is 0.333. The largest absolute Gasteiger partial charge is 0.462 e. The summed E-state index contributed by atoms with van der Waals surface area (Å²) in [6.07, 6.45) is 0.769. The molecule has 0 bridgehead atoms. The van der Waals surface area contributed by atoms with Crippen LogP contribution in [0.4, 0.5) is 0 Å². The third-order valence-corrected chi connectivity index (χ3v) is 2.98. The van der Waals surface area contributed by atoms with Crippen LogP contribution in [0.3, 0.4) is 0 Å². The van der Waals surface area contributed by atoms with Crippen LogP contribution in [0.15, 0.2) is 46.9 Å².